The van der Waals surface area contributed by atoms with Crippen LogP contribution in [-0.4, -0.2) is 21.8 Å². The lowest BCUT2D eigenvalue weighted by molar-refractivity contribution is 0.613. The summed E-state index contributed by atoms with van der Waals surface area (Å²) in [4.78, 5) is 0. The van der Waals surface area contributed by atoms with E-state index >= 15 is 0 Å². The molecule has 20 heavy (non-hydrogen) atoms. The average Bonchev–Trinajstić information content (AvgIpc) is 2.35. The summed E-state index contributed by atoms with van der Waals surface area (Å²) >= 11 is 0. The van der Waals surface area contributed by atoms with Crippen LogP contribution in [0.15, 0.2) is 24.3 Å². The Balaban J connectivity index is 2.78. The predicted molar refractivity (Wildman–Crippen MR) is 89.5 cm³/mol. The lowest BCUT2D eigenvalue weighted by Crippen LogP contribution is -2.31. The second-order valence-corrected chi connectivity index (χ2v) is 9.05. The van der Waals surface area contributed by atoms with Gasteiger partial charge in [-0.3, -0.25) is 4.21 Å². The van der Waals surface area contributed by atoms with E-state index in [1.54, 1.807) is 0 Å². The minimum absolute atomic E-state index is 0.156. The number of hydrogen-bond donors (Lipinski definition) is 1. The molecule has 0 fully saturated rings. The average molecular weight is 295 g/mol. The molecule has 1 N–H and O–H groups in total. The zero-order chi connectivity index (χ0) is 15.3. The molecule has 0 radical (unpaired) electrons. The van der Waals surface area contributed by atoms with Crippen LogP contribution < -0.4 is 5.32 Å². The van der Waals surface area contributed by atoms with Crippen molar-refractivity contribution in [2.24, 2.45) is 5.92 Å². The molecular weight excluding hydrogens is 266 g/mol. The highest BCUT2D eigenvalue weighted by Gasteiger charge is 2.23. The minimum Gasteiger partial charge on any atom is -0.312 e. The summed E-state index contributed by atoms with van der Waals surface area (Å²) in [6.07, 6.45) is 1.11. The summed E-state index contributed by atoms with van der Waals surface area (Å²) in [7, 11) is 1.09. The third-order valence-corrected chi connectivity index (χ3v) is 5.38. The van der Waals surface area contributed by atoms with Gasteiger partial charge in [0.1, 0.15) is 0 Å². The minimum atomic E-state index is -0.845. The summed E-state index contributed by atoms with van der Waals surface area (Å²) < 4.78 is 12.1. The van der Waals surface area contributed by atoms with Crippen molar-refractivity contribution in [3.63, 3.8) is 0 Å². The predicted octanol–water partition coefficient (Wildman–Crippen LogP) is 3.69. The van der Waals surface area contributed by atoms with Gasteiger partial charge in [-0.25, -0.2) is 0 Å². The smallest absolute Gasteiger partial charge is 0.0435 e. The Morgan fingerprint density at radius 1 is 1.15 bits per heavy atom. The van der Waals surface area contributed by atoms with Crippen molar-refractivity contribution in [2.75, 3.05) is 12.8 Å². The molecule has 0 saturated heterocycles. The Hall–Kier alpha value is -0.670. The van der Waals surface area contributed by atoms with E-state index in [2.05, 4.69) is 43.4 Å². The quantitative estimate of drug-likeness (QED) is 0.867. The second-order valence-electron chi connectivity index (χ2n) is 6.81. The van der Waals surface area contributed by atoms with Gasteiger partial charge in [0.25, 0.3) is 0 Å². The molecule has 0 aliphatic heterocycles. The van der Waals surface area contributed by atoms with Crippen LogP contribution in [-0.2, 0) is 17.2 Å². The second kappa shape index (κ2) is 7.37. The fraction of sp³-hybridized carbons (Fsp3) is 0.647. The van der Waals surface area contributed by atoms with Crippen LogP contribution in [0.1, 0.15) is 51.8 Å². The molecule has 0 saturated carbocycles. The lowest BCUT2D eigenvalue weighted by Gasteiger charge is -2.23. The molecule has 114 valence electrons. The Morgan fingerprint density at radius 3 is 2.10 bits per heavy atom. The Bertz CT molecular complexity index is 431. The zero-order valence-electron chi connectivity index (χ0n) is 13.7. The Kier molecular flexibility index (Phi) is 6.41. The molecule has 1 aromatic rings. The van der Waals surface area contributed by atoms with E-state index in [0.717, 1.165) is 6.42 Å². The SMILES string of the molecule is CNC(CS(=O)C(C)(C)C)c1ccc(CC(C)C)cc1. The highest BCUT2D eigenvalue weighted by molar-refractivity contribution is 7.86. The van der Waals surface area contributed by atoms with E-state index in [9.17, 15) is 4.21 Å². The normalized spacial score (nSPS) is 15.3. The van der Waals surface area contributed by atoms with Crippen LogP contribution in [0, 0.1) is 5.92 Å². The van der Waals surface area contributed by atoms with Gasteiger partial charge in [0.05, 0.1) is 0 Å². The molecule has 0 aliphatic rings. The molecule has 0 heterocycles. The molecular formula is C17H29NOS. The molecule has 0 amide bonds. The molecule has 1 aromatic carbocycles. The van der Waals surface area contributed by atoms with Crippen LogP contribution in [0.2, 0.25) is 0 Å². The van der Waals surface area contributed by atoms with Gasteiger partial charge in [0, 0.05) is 27.3 Å². The van der Waals surface area contributed by atoms with E-state index < -0.39 is 10.8 Å². The van der Waals surface area contributed by atoms with Gasteiger partial charge in [-0.1, -0.05) is 38.1 Å². The standard InChI is InChI=1S/C17H29NOS/c1-13(2)11-14-7-9-15(10-8-14)16(18-6)12-20(19)17(3,4)5/h7-10,13,16,18H,11-12H2,1-6H3. The Labute approximate surface area is 126 Å². The first-order chi connectivity index (χ1) is 9.24. The van der Waals surface area contributed by atoms with E-state index in [4.69, 9.17) is 0 Å². The van der Waals surface area contributed by atoms with E-state index in [0.29, 0.717) is 11.7 Å². The first-order valence-corrected chi connectivity index (χ1v) is 8.70. The molecule has 2 nitrogen and oxygen atoms in total. The van der Waals surface area contributed by atoms with Crippen molar-refractivity contribution in [1.82, 2.24) is 5.32 Å². The van der Waals surface area contributed by atoms with Crippen LogP contribution in [0.3, 0.4) is 0 Å². The number of benzene rings is 1. The molecule has 2 atom stereocenters. The van der Waals surface area contributed by atoms with Gasteiger partial charge in [-0.2, -0.15) is 0 Å². The number of rotatable bonds is 6. The van der Waals surface area contributed by atoms with Crippen molar-refractivity contribution in [3.05, 3.63) is 35.4 Å². The molecule has 0 bridgehead atoms. The summed E-state index contributed by atoms with van der Waals surface area (Å²) in [5, 5.41) is 3.29. The molecule has 0 spiro atoms. The number of hydrogen-bond acceptors (Lipinski definition) is 2. The highest BCUT2D eigenvalue weighted by Crippen LogP contribution is 2.20. The van der Waals surface area contributed by atoms with Crippen molar-refractivity contribution in [2.45, 2.75) is 51.8 Å². The number of nitrogens with one attached hydrogen (secondary N) is 1. The first-order valence-electron chi connectivity index (χ1n) is 7.38. The van der Waals surface area contributed by atoms with Crippen molar-refractivity contribution in [3.8, 4) is 0 Å². The highest BCUT2D eigenvalue weighted by atomic mass is 32.2. The molecule has 0 aromatic heterocycles. The van der Waals surface area contributed by atoms with Gasteiger partial charge in [-0.05, 0) is 51.3 Å². The van der Waals surface area contributed by atoms with Crippen molar-refractivity contribution < 1.29 is 4.21 Å². The molecule has 3 heteroatoms. The first kappa shape index (κ1) is 17.4. The summed E-state index contributed by atoms with van der Waals surface area (Å²) in [5.74, 6) is 1.33. The fourth-order valence-electron chi connectivity index (χ4n) is 2.11. The van der Waals surface area contributed by atoms with Crippen LogP contribution >= 0.6 is 0 Å². The third kappa shape index (κ3) is 5.37. The largest absolute Gasteiger partial charge is 0.312 e. The topological polar surface area (TPSA) is 29.1 Å². The molecule has 0 aliphatic carbocycles. The monoisotopic (exact) mass is 295 g/mol. The van der Waals surface area contributed by atoms with Gasteiger partial charge < -0.3 is 5.32 Å². The maximum absolute atomic E-state index is 12.3. The molecule has 1 rings (SSSR count). The molecule has 2 unspecified atom stereocenters. The van der Waals surface area contributed by atoms with Crippen LogP contribution in [0.4, 0.5) is 0 Å². The third-order valence-electron chi connectivity index (χ3n) is 3.38. The Morgan fingerprint density at radius 2 is 1.70 bits per heavy atom. The van der Waals surface area contributed by atoms with E-state index in [1.165, 1.54) is 11.1 Å². The van der Waals surface area contributed by atoms with Crippen molar-refractivity contribution >= 4 is 10.8 Å². The van der Waals surface area contributed by atoms with Gasteiger partial charge >= 0.3 is 0 Å². The van der Waals surface area contributed by atoms with Crippen LogP contribution in [0.5, 0.6) is 0 Å². The fourth-order valence-corrected chi connectivity index (χ4v) is 3.27. The summed E-state index contributed by atoms with van der Waals surface area (Å²) in [6, 6.07) is 8.87. The van der Waals surface area contributed by atoms with E-state index in [-0.39, 0.29) is 10.8 Å². The summed E-state index contributed by atoms with van der Waals surface area (Å²) in [6.45, 7) is 10.6. The van der Waals surface area contributed by atoms with Gasteiger partial charge in [0.2, 0.25) is 0 Å². The lowest BCUT2D eigenvalue weighted by atomic mass is 10.00. The zero-order valence-corrected chi connectivity index (χ0v) is 14.5. The van der Waals surface area contributed by atoms with E-state index in [1.807, 2.05) is 27.8 Å². The van der Waals surface area contributed by atoms with Crippen LogP contribution in [0.25, 0.3) is 0 Å². The van der Waals surface area contributed by atoms with Gasteiger partial charge in [0.15, 0.2) is 0 Å². The summed E-state index contributed by atoms with van der Waals surface area (Å²) in [5.41, 5.74) is 2.59. The maximum Gasteiger partial charge on any atom is 0.0435 e. The van der Waals surface area contributed by atoms with Crippen molar-refractivity contribution in [1.29, 1.82) is 0 Å². The van der Waals surface area contributed by atoms with Gasteiger partial charge in [-0.15, -0.1) is 0 Å². The maximum atomic E-state index is 12.3.